The molecule has 1 aromatic carbocycles. The van der Waals surface area contributed by atoms with Gasteiger partial charge in [-0.05, 0) is 56.9 Å². The minimum absolute atomic E-state index is 0.0371. The highest BCUT2D eigenvalue weighted by Gasteiger charge is 2.34. The first kappa shape index (κ1) is 23.3. The van der Waals surface area contributed by atoms with E-state index in [4.69, 9.17) is 11.6 Å². The van der Waals surface area contributed by atoms with E-state index in [2.05, 4.69) is 25.7 Å². The van der Waals surface area contributed by atoms with Crippen LogP contribution in [0.1, 0.15) is 47.4 Å². The van der Waals surface area contributed by atoms with Crippen molar-refractivity contribution in [1.29, 1.82) is 0 Å². The van der Waals surface area contributed by atoms with E-state index in [1.807, 2.05) is 13.0 Å². The Morgan fingerprint density at radius 2 is 1.86 bits per heavy atom. The van der Waals surface area contributed by atoms with Crippen molar-refractivity contribution >= 4 is 39.7 Å². The maximum absolute atomic E-state index is 13.4. The number of rotatable bonds is 4. The highest BCUT2D eigenvalue weighted by Crippen LogP contribution is 2.35. The molecule has 35 heavy (non-hydrogen) atoms. The molecule has 3 aromatic heterocycles. The van der Waals surface area contributed by atoms with Gasteiger partial charge in [0.1, 0.15) is 5.69 Å². The zero-order valence-electron chi connectivity index (χ0n) is 18.7. The van der Waals surface area contributed by atoms with Gasteiger partial charge < -0.3 is 10.6 Å². The van der Waals surface area contributed by atoms with Gasteiger partial charge in [-0.3, -0.25) is 4.79 Å². The molecule has 1 aliphatic rings. The highest BCUT2D eigenvalue weighted by atomic mass is 35.5. The lowest BCUT2D eigenvalue weighted by Crippen LogP contribution is -2.40. The number of amides is 1. The first-order valence-electron chi connectivity index (χ1n) is 11.2. The summed E-state index contributed by atoms with van der Waals surface area (Å²) in [6, 6.07) is 7.41. The average Bonchev–Trinajstić information content (AvgIpc) is 3.19. The molecule has 0 bridgehead atoms. The minimum Gasteiger partial charge on any atom is -0.382 e. The van der Waals surface area contributed by atoms with Gasteiger partial charge in [0.25, 0.3) is 5.91 Å². The fourth-order valence-corrected chi connectivity index (χ4v) is 4.62. The number of benzene rings is 1. The average molecular weight is 503 g/mol. The van der Waals surface area contributed by atoms with E-state index >= 15 is 0 Å². The largest absolute Gasteiger partial charge is 0.433 e. The zero-order chi connectivity index (χ0) is 24.7. The molecule has 7 nitrogen and oxygen atoms in total. The SMILES string of the molecule is Cc1cc2ncc(C(=O)NC3CCC(Nc4cc(C(F)(F)F)nc5ccc(Cl)cc45)CC3)cn2n1. The predicted octanol–water partition coefficient (Wildman–Crippen LogP) is 5.41. The Morgan fingerprint density at radius 3 is 2.60 bits per heavy atom. The third kappa shape index (κ3) is 5.02. The van der Waals surface area contributed by atoms with E-state index in [1.54, 1.807) is 16.8 Å². The number of aryl methyl sites for hydroxylation is 1. The quantitative estimate of drug-likeness (QED) is 0.390. The van der Waals surface area contributed by atoms with Crippen LogP contribution in [0.5, 0.6) is 0 Å². The van der Waals surface area contributed by atoms with Crippen molar-refractivity contribution in [3.8, 4) is 0 Å². The number of aromatic nitrogens is 4. The van der Waals surface area contributed by atoms with Crippen molar-refractivity contribution in [2.24, 2.45) is 0 Å². The first-order chi connectivity index (χ1) is 16.7. The summed E-state index contributed by atoms with van der Waals surface area (Å²) in [5, 5.41) is 11.5. The number of nitrogens with one attached hydrogen (secondary N) is 2. The molecular formula is C24H22ClF3N6O. The fourth-order valence-electron chi connectivity index (χ4n) is 4.45. The second kappa shape index (κ2) is 8.99. The first-order valence-corrected chi connectivity index (χ1v) is 11.6. The number of halogens is 4. The molecule has 0 aliphatic heterocycles. The second-order valence-electron chi connectivity index (χ2n) is 8.81. The van der Waals surface area contributed by atoms with Gasteiger partial charge in [0.2, 0.25) is 0 Å². The molecule has 0 atom stereocenters. The Labute approximate surface area is 203 Å². The summed E-state index contributed by atoms with van der Waals surface area (Å²) in [6.45, 7) is 1.86. The number of hydrogen-bond acceptors (Lipinski definition) is 5. The van der Waals surface area contributed by atoms with E-state index < -0.39 is 11.9 Å². The van der Waals surface area contributed by atoms with Gasteiger partial charge in [0.05, 0.1) is 16.8 Å². The normalized spacial score (nSPS) is 18.7. The lowest BCUT2D eigenvalue weighted by atomic mass is 9.90. The third-order valence-corrected chi connectivity index (χ3v) is 6.42. The van der Waals surface area contributed by atoms with E-state index in [1.165, 1.54) is 18.3 Å². The summed E-state index contributed by atoms with van der Waals surface area (Å²) >= 11 is 6.09. The van der Waals surface area contributed by atoms with Crippen molar-refractivity contribution in [2.75, 3.05) is 5.32 Å². The summed E-state index contributed by atoms with van der Waals surface area (Å²) in [4.78, 5) is 20.7. The molecule has 182 valence electrons. The van der Waals surface area contributed by atoms with Crippen LogP contribution >= 0.6 is 11.6 Å². The number of fused-ring (bicyclic) bond motifs is 2. The Morgan fingerprint density at radius 1 is 1.11 bits per heavy atom. The maximum Gasteiger partial charge on any atom is 0.433 e. The highest BCUT2D eigenvalue weighted by molar-refractivity contribution is 6.31. The van der Waals surface area contributed by atoms with Crippen molar-refractivity contribution in [2.45, 2.75) is 50.9 Å². The van der Waals surface area contributed by atoms with Crippen LogP contribution in [0.25, 0.3) is 16.6 Å². The van der Waals surface area contributed by atoms with Crippen LogP contribution in [0.2, 0.25) is 5.02 Å². The molecule has 0 unspecified atom stereocenters. The lowest BCUT2D eigenvalue weighted by Gasteiger charge is -2.30. The molecule has 1 amide bonds. The minimum atomic E-state index is -4.56. The summed E-state index contributed by atoms with van der Waals surface area (Å²) in [6.07, 6.45) is 1.37. The topological polar surface area (TPSA) is 84.2 Å². The Hall–Kier alpha value is -3.40. The Balaban J connectivity index is 1.26. The van der Waals surface area contributed by atoms with Gasteiger partial charge in [-0.1, -0.05) is 11.6 Å². The van der Waals surface area contributed by atoms with Gasteiger partial charge in [0, 0.05) is 46.6 Å². The maximum atomic E-state index is 13.4. The molecule has 0 radical (unpaired) electrons. The van der Waals surface area contributed by atoms with Crippen molar-refractivity contribution in [1.82, 2.24) is 24.9 Å². The lowest BCUT2D eigenvalue weighted by molar-refractivity contribution is -0.140. The number of pyridine rings is 1. The Kier molecular flexibility index (Phi) is 6.00. The van der Waals surface area contributed by atoms with Crippen LogP contribution < -0.4 is 10.6 Å². The molecular weight excluding hydrogens is 481 g/mol. The van der Waals surface area contributed by atoms with Gasteiger partial charge >= 0.3 is 6.18 Å². The number of carbonyl (C=O) groups excluding carboxylic acids is 1. The van der Waals surface area contributed by atoms with Crippen molar-refractivity contribution in [3.63, 3.8) is 0 Å². The summed E-state index contributed by atoms with van der Waals surface area (Å²) in [7, 11) is 0. The molecule has 11 heteroatoms. The molecule has 1 saturated carbocycles. The van der Waals surface area contributed by atoms with Crippen molar-refractivity contribution in [3.05, 3.63) is 64.7 Å². The van der Waals surface area contributed by atoms with Gasteiger partial charge in [-0.2, -0.15) is 18.3 Å². The van der Waals surface area contributed by atoms with Crippen LogP contribution in [0, 0.1) is 6.92 Å². The number of carbonyl (C=O) groups is 1. The van der Waals surface area contributed by atoms with Crippen LogP contribution in [0.3, 0.4) is 0 Å². The van der Waals surface area contributed by atoms with E-state index in [0.717, 1.165) is 11.8 Å². The van der Waals surface area contributed by atoms with Gasteiger partial charge in [-0.25, -0.2) is 14.5 Å². The number of hydrogen-bond donors (Lipinski definition) is 2. The molecule has 0 saturated heterocycles. The van der Waals surface area contributed by atoms with Crippen molar-refractivity contribution < 1.29 is 18.0 Å². The zero-order valence-corrected chi connectivity index (χ0v) is 19.5. The predicted molar refractivity (Wildman–Crippen MR) is 127 cm³/mol. The van der Waals surface area contributed by atoms with Crippen LogP contribution in [0.15, 0.2) is 42.7 Å². The molecule has 3 heterocycles. The van der Waals surface area contributed by atoms with Crippen LogP contribution in [-0.2, 0) is 6.18 Å². The molecule has 5 rings (SSSR count). The van der Waals surface area contributed by atoms with Gasteiger partial charge in [0.15, 0.2) is 5.65 Å². The molecule has 1 fully saturated rings. The number of alkyl halides is 3. The smallest absolute Gasteiger partial charge is 0.382 e. The fraction of sp³-hybridized carbons (Fsp3) is 0.333. The van der Waals surface area contributed by atoms with Crippen LogP contribution in [0.4, 0.5) is 18.9 Å². The summed E-state index contributed by atoms with van der Waals surface area (Å²) < 4.78 is 41.7. The van der Waals surface area contributed by atoms with Gasteiger partial charge in [-0.15, -0.1) is 0 Å². The molecule has 1 aliphatic carbocycles. The van der Waals surface area contributed by atoms with Crippen LogP contribution in [-0.4, -0.2) is 37.6 Å². The monoisotopic (exact) mass is 502 g/mol. The standard InChI is InChI=1S/C24H22ClF3N6O/c1-13-8-22-29-11-14(12-34(22)33-13)23(35)31-17-5-3-16(4-6-17)30-20-10-21(24(26,27)28)32-19-7-2-15(25)9-18(19)20/h2,7-12,16-17H,3-6H2,1H3,(H,30,32)(H,31,35). The summed E-state index contributed by atoms with van der Waals surface area (Å²) in [5.41, 5.74) is 1.53. The number of anilines is 1. The van der Waals surface area contributed by atoms with E-state index in [9.17, 15) is 18.0 Å². The Bertz CT molecular complexity index is 1410. The number of nitrogens with zero attached hydrogens (tertiary/aromatic N) is 4. The summed E-state index contributed by atoms with van der Waals surface area (Å²) in [5.74, 6) is -0.228. The molecule has 0 spiro atoms. The molecule has 4 aromatic rings. The van der Waals surface area contributed by atoms with E-state index in [0.29, 0.717) is 53.0 Å². The van der Waals surface area contributed by atoms with E-state index in [-0.39, 0.29) is 23.5 Å². The third-order valence-electron chi connectivity index (χ3n) is 6.18. The molecule has 2 N–H and O–H groups in total. The second-order valence-corrected chi connectivity index (χ2v) is 9.25.